The van der Waals surface area contributed by atoms with Gasteiger partial charge in [0.2, 0.25) is 0 Å². The molecule has 0 saturated heterocycles. The molecule has 1 atom stereocenters. The van der Waals surface area contributed by atoms with Crippen LogP contribution in [0.1, 0.15) is 35.7 Å². The van der Waals surface area contributed by atoms with Gasteiger partial charge in [0.25, 0.3) is 0 Å². The van der Waals surface area contributed by atoms with Crippen molar-refractivity contribution in [2.75, 3.05) is 0 Å². The predicted molar refractivity (Wildman–Crippen MR) is 73.9 cm³/mol. The van der Waals surface area contributed by atoms with Crippen molar-refractivity contribution in [1.29, 1.82) is 0 Å². The van der Waals surface area contributed by atoms with Crippen molar-refractivity contribution in [3.05, 3.63) is 35.4 Å². The average molecular weight is 300 g/mol. The van der Waals surface area contributed by atoms with Crippen LogP contribution in [-0.4, -0.2) is 30.5 Å². The Labute approximate surface area is 117 Å². The maximum atomic E-state index is 10.9. The smallest absolute Gasteiger partial charge is 0.397 e. The summed E-state index contributed by atoms with van der Waals surface area (Å²) in [6.45, 7) is 1.72. The molecule has 0 bridgehead atoms. The maximum Gasteiger partial charge on any atom is 0.397 e. The Morgan fingerprint density at radius 3 is 2.65 bits per heavy atom. The quantitative estimate of drug-likeness (QED) is 0.591. The number of rotatable bonds is 7. The number of aromatic hydroxyl groups is 1. The summed E-state index contributed by atoms with van der Waals surface area (Å²) in [4.78, 5) is 10.9. The lowest BCUT2D eigenvalue weighted by molar-refractivity contribution is 0.112. The first-order chi connectivity index (χ1) is 9.37. The third-order valence-electron chi connectivity index (χ3n) is 2.64. The maximum absolute atomic E-state index is 10.9. The zero-order valence-corrected chi connectivity index (χ0v) is 11.7. The lowest BCUT2D eigenvalue weighted by Gasteiger charge is -2.10. The van der Waals surface area contributed by atoms with Crippen molar-refractivity contribution in [3.8, 4) is 5.75 Å². The van der Waals surface area contributed by atoms with Gasteiger partial charge >= 0.3 is 10.4 Å². The zero-order chi connectivity index (χ0) is 15.2. The Morgan fingerprint density at radius 2 is 2.10 bits per heavy atom. The number of carbonyl (C=O) groups is 1. The summed E-state index contributed by atoms with van der Waals surface area (Å²) in [5, 5.41) is 9.50. The van der Waals surface area contributed by atoms with Crippen molar-refractivity contribution in [2.24, 2.45) is 0 Å². The molecule has 0 aliphatic heterocycles. The first-order valence-corrected chi connectivity index (χ1v) is 7.33. The SMILES string of the molecule is CCC(CC=Cc1cccc(O)c1C=O)OS(=O)(=O)O. The molecule has 0 aliphatic rings. The molecule has 6 nitrogen and oxygen atoms in total. The molecular formula is C13H16O6S. The average Bonchev–Trinajstić information content (AvgIpc) is 2.36. The second-order valence-electron chi connectivity index (χ2n) is 4.09. The molecule has 1 rings (SSSR count). The fraction of sp³-hybridized carbons (Fsp3) is 0.308. The molecule has 7 heteroatoms. The molecule has 0 saturated carbocycles. The first-order valence-electron chi connectivity index (χ1n) is 5.96. The topological polar surface area (TPSA) is 101 Å². The normalized spacial score (nSPS) is 13.5. The second kappa shape index (κ2) is 7.18. The Bertz CT molecular complexity index is 591. The van der Waals surface area contributed by atoms with Crippen LogP contribution in [-0.2, 0) is 14.6 Å². The molecule has 0 fully saturated rings. The number of hydrogen-bond acceptors (Lipinski definition) is 5. The molecule has 1 aromatic carbocycles. The van der Waals surface area contributed by atoms with E-state index in [0.29, 0.717) is 18.3 Å². The van der Waals surface area contributed by atoms with Crippen LogP contribution in [0.3, 0.4) is 0 Å². The molecule has 0 heterocycles. The third-order valence-corrected chi connectivity index (χ3v) is 3.16. The Kier molecular flexibility index (Phi) is 5.87. The highest BCUT2D eigenvalue weighted by Gasteiger charge is 2.13. The van der Waals surface area contributed by atoms with Gasteiger partial charge in [-0.3, -0.25) is 9.35 Å². The van der Waals surface area contributed by atoms with Gasteiger partial charge in [-0.2, -0.15) is 8.42 Å². The van der Waals surface area contributed by atoms with E-state index in [0.717, 1.165) is 0 Å². The molecule has 0 aromatic heterocycles. The fourth-order valence-corrected chi connectivity index (χ4v) is 2.20. The molecule has 0 radical (unpaired) electrons. The lowest BCUT2D eigenvalue weighted by atomic mass is 10.1. The van der Waals surface area contributed by atoms with E-state index in [9.17, 15) is 18.3 Å². The Morgan fingerprint density at radius 1 is 1.40 bits per heavy atom. The van der Waals surface area contributed by atoms with Crippen LogP contribution in [0.15, 0.2) is 24.3 Å². The van der Waals surface area contributed by atoms with Crippen molar-refractivity contribution in [2.45, 2.75) is 25.9 Å². The van der Waals surface area contributed by atoms with E-state index < -0.39 is 16.5 Å². The molecule has 0 aliphatic carbocycles. The summed E-state index contributed by atoms with van der Waals surface area (Å²) in [7, 11) is -4.48. The number of phenols is 1. The highest BCUT2D eigenvalue weighted by Crippen LogP contribution is 2.20. The van der Waals surface area contributed by atoms with Crippen LogP contribution in [0.4, 0.5) is 0 Å². The number of phenolic OH excluding ortho intramolecular Hbond substituents is 1. The summed E-state index contributed by atoms with van der Waals surface area (Å²) in [6, 6.07) is 4.63. The predicted octanol–water partition coefficient (Wildman–Crippen LogP) is 2.21. The Hall–Kier alpha value is -1.70. The van der Waals surface area contributed by atoms with Crippen molar-refractivity contribution in [1.82, 2.24) is 0 Å². The summed E-state index contributed by atoms with van der Waals surface area (Å²) in [5.41, 5.74) is 0.675. The van der Waals surface area contributed by atoms with Crippen LogP contribution < -0.4 is 0 Å². The molecule has 2 N–H and O–H groups in total. The van der Waals surface area contributed by atoms with Gasteiger partial charge < -0.3 is 5.11 Å². The molecule has 110 valence electrons. The van der Waals surface area contributed by atoms with Crippen LogP contribution >= 0.6 is 0 Å². The summed E-state index contributed by atoms with van der Waals surface area (Å²) in [5.74, 6) is -0.122. The Balaban J connectivity index is 2.78. The van der Waals surface area contributed by atoms with Gasteiger partial charge in [0.05, 0.1) is 11.7 Å². The highest BCUT2D eigenvalue weighted by atomic mass is 32.3. The molecular weight excluding hydrogens is 284 g/mol. The van der Waals surface area contributed by atoms with E-state index in [4.69, 9.17) is 4.55 Å². The number of carbonyl (C=O) groups excluding carboxylic acids is 1. The van der Waals surface area contributed by atoms with Gasteiger partial charge in [-0.1, -0.05) is 31.2 Å². The van der Waals surface area contributed by atoms with Gasteiger partial charge in [0.15, 0.2) is 6.29 Å². The van der Waals surface area contributed by atoms with E-state index in [1.54, 1.807) is 31.2 Å². The second-order valence-corrected chi connectivity index (χ2v) is 5.14. The van der Waals surface area contributed by atoms with E-state index in [1.165, 1.54) is 6.07 Å². The number of aldehydes is 1. The molecule has 0 amide bonds. The molecule has 20 heavy (non-hydrogen) atoms. The van der Waals surface area contributed by atoms with Gasteiger partial charge in [-0.15, -0.1) is 0 Å². The largest absolute Gasteiger partial charge is 0.507 e. The summed E-state index contributed by atoms with van der Waals surface area (Å²) in [6.07, 6.45) is 3.69. The van der Waals surface area contributed by atoms with Crippen molar-refractivity contribution < 1.29 is 27.1 Å². The molecule has 1 unspecified atom stereocenters. The van der Waals surface area contributed by atoms with Crippen molar-refractivity contribution in [3.63, 3.8) is 0 Å². The fourth-order valence-electron chi connectivity index (χ4n) is 1.64. The van der Waals surface area contributed by atoms with E-state index in [1.807, 2.05) is 0 Å². The zero-order valence-electron chi connectivity index (χ0n) is 10.9. The van der Waals surface area contributed by atoms with Gasteiger partial charge in [-0.25, -0.2) is 4.18 Å². The van der Waals surface area contributed by atoms with Crippen LogP contribution in [0.2, 0.25) is 0 Å². The van der Waals surface area contributed by atoms with Crippen LogP contribution in [0.5, 0.6) is 5.75 Å². The van der Waals surface area contributed by atoms with Gasteiger partial charge in [0.1, 0.15) is 5.75 Å². The van der Waals surface area contributed by atoms with E-state index in [-0.39, 0.29) is 17.7 Å². The number of hydrogen-bond donors (Lipinski definition) is 2. The molecule has 1 aromatic rings. The monoisotopic (exact) mass is 300 g/mol. The van der Waals surface area contributed by atoms with Gasteiger partial charge in [0, 0.05) is 0 Å². The van der Waals surface area contributed by atoms with E-state index >= 15 is 0 Å². The summed E-state index contributed by atoms with van der Waals surface area (Å²) >= 11 is 0. The first kappa shape index (κ1) is 16.4. The third kappa shape index (κ3) is 5.12. The summed E-state index contributed by atoms with van der Waals surface area (Å²) < 4.78 is 34.3. The van der Waals surface area contributed by atoms with Crippen LogP contribution in [0.25, 0.3) is 6.08 Å². The van der Waals surface area contributed by atoms with Crippen molar-refractivity contribution >= 4 is 22.8 Å². The van der Waals surface area contributed by atoms with E-state index in [2.05, 4.69) is 4.18 Å². The highest BCUT2D eigenvalue weighted by molar-refractivity contribution is 7.80. The molecule has 0 spiro atoms. The van der Waals surface area contributed by atoms with Crippen LogP contribution in [0, 0.1) is 0 Å². The van der Waals surface area contributed by atoms with Gasteiger partial charge in [-0.05, 0) is 24.5 Å². The lowest BCUT2D eigenvalue weighted by Crippen LogP contribution is -2.16. The number of benzene rings is 1. The minimum atomic E-state index is -4.48. The minimum absolute atomic E-state index is 0.122. The minimum Gasteiger partial charge on any atom is -0.507 e. The standard InChI is InChI=1S/C13H16O6S/c1-2-11(19-20(16,17)18)7-3-5-10-6-4-8-13(15)12(10)9-14/h3-6,8-9,11,15H,2,7H2,1H3,(H,16,17,18).